The number of nitrogens with one attached hydrogen (secondary N) is 2. The van der Waals surface area contributed by atoms with E-state index in [4.69, 9.17) is 5.84 Å². The molecule has 0 atom stereocenters. The first-order chi connectivity index (χ1) is 6.27. The van der Waals surface area contributed by atoms with Gasteiger partial charge in [0.1, 0.15) is 0 Å². The molecule has 13 heavy (non-hydrogen) atoms. The lowest BCUT2D eigenvalue weighted by atomic mass is 10.3. The van der Waals surface area contributed by atoms with Crippen LogP contribution in [0, 0.1) is 0 Å². The Balaban J connectivity index is 2.58. The molecule has 0 radical (unpaired) electrons. The first-order valence-corrected chi connectivity index (χ1v) is 4.95. The van der Waals surface area contributed by atoms with Gasteiger partial charge in [-0.15, -0.1) is 11.3 Å². The van der Waals surface area contributed by atoms with Crippen LogP contribution in [-0.2, 0) is 6.54 Å². The van der Waals surface area contributed by atoms with Crippen LogP contribution in [0.4, 0.5) is 0 Å². The van der Waals surface area contributed by atoms with Gasteiger partial charge in [-0.3, -0.25) is 10.2 Å². The number of hydrazine groups is 1. The van der Waals surface area contributed by atoms with Gasteiger partial charge in [0.15, 0.2) is 0 Å². The molecule has 4 N–H and O–H groups in total. The summed E-state index contributed by atoms with van der Waals surface area (Å²) >= 11 is 1.40. The Hall–Kier alpha value is -0.910. The number of hydrogen-bond donors (Lipinski definition) is 3. The van der Waals surface area contributed by atoms with E-state index in [1.807, 2.05) is 18.4 Å². The van der Waals surface area contributed by atoms with Crippen molar-refractivity contribution in [3.05, 3.63) is 21.9 Å². The summed E-state index contributed by atoms with van der Waals surface area (Å²) in [5, 5.41) is 5.13. The Morgan fingerprint density at radius 1 is 1.69 bits per heavy atom. The molecule has 0 aliphatic rings. The maximum Gasteiger partial charge on any atom is 0.275 e. The van der Waals surface area contributed by atoms with Crippen molar-refractivity contribution in [1.82, 2.24) is 10.7 Å². The van der Waals surface area contributed by atoms with Crippen molar-refractivity contribution in [2.45, 2.75) is 13.5 Å². The monoisotopic (exact) mass is 199 g/mol. The van der Waals surface area contributed by atoms with Crippen molar-refractivity contribution in [3.63, 3.8) is 0 Å². The summed E-state index contributed by atoms with van der Waals surface area (Å²) in [5.74, 6) is 4.78. The molecule has 0 unspecified atom stereocenters. The SMILES string of the molecule is CCNCc1csc(C(=O)NN)c1. The van der Waals surface area contributed by atoms with Gasteiger partial charge in [-0.2, -0.15) is 0 Å². The molecule has 1 aromatic heterocycles. The number of nitrogen functional groups attached to an aromatic ring is 1. The van der Waals surface area contributed by atoms with E-state index in [-0.39, 0.29) is 5.91 Å². The summed E-state index contributed by atoms with van der Waals surface area (Å²) in [7, 11) is 0. The number of hydrogen-bond acceptors (Lipinski definition) is 4. The zero-order chi connectivity index (χ0) is 9.68. The molecule has 0 saturated carbocycles. The zero-order valence-electron chi connectivity index (χ0n) is 7.46. The third-order valence-electron chi connectivity index (χ3n) is 1.59. The molecule has 0 saturated heterocycles. The fourth-order valence-electron chi connectivity index (χ4n) is 0.928. The van der Waals surface area contributed by atoms with Crippen LogP contribution in [-0.4, -0.2) is 12.5 Å². The Kier molecular flexibility index (Phi) is 3.88. The zero-order valence-corrected chi connectivity index (χ0v) is 8.28. The highest BCUT2D eigenvalue weighted by molar-refractivity contribution is 7.12. The van der Waals surface area contributed by atoms with Crippen molar-refractivity contribution < 1.29 is 4.79 Å². The molecule has 72 valence electrons. The van der Waals surface area contributed by atoms with Gasteiger partial charge in [-0.25, -0.2) is 5.84 Å². The van der Waals surface area contributed by atoms with Crippen molar-refractivity contribution in [1.29, 1.82) is 0 Å². The summed E-state index contributed by atoms with van der Waals surface area (Å²) in [6, 6.07) is 1.84. The molecule has 1 amide bonds. The second-order valence-corrected chi connectivity index (χ2v) is 3.48. The molecule has 0 bridgehead atoms. The number of nitrogens with two attached hydrogens (primary N) is 1. The Morgan fingerprint density at radius 3 is 3.08 bits per heavy atom. The largest absolute Gasteiger partial charge is 0.313 e. The summed E-state index contributed by atoms with van der Waals surface area (Å²) in [5.41, 5.74) is 3.22. The Labute approximate surface area is 81.1 Å². The van der Waals surface area contributed by atoms with Crippen LogP contribution in [0.15, 0.2) is 11.4 Å². The third kappa shape index (κ3) is 2.80. The van der Waals surface area contributed by atoms with Crippen LogP contribution < -0.4 is 16.6 Å². The number of thiophene rings is 1. The van der Waals surface area contributed by atoms with Crippen LogP contribution in [0.1, 0.15) is 22.2 Å². The normalized spacial score (nSPS) is 10.0. The summed E-state index contributed by atoms with van der Waals surface area (Å²) < 4.78 is 0. The molecule has 5 heteroatoms. The fraction of sp³-hybridized carbons (Fsp3) is 0.375. The van der Waals surface area contributed by atoms with E-state index in [1.165, 1.54) is 11.3 Å². The van der Waals surface area contributed by atoms with Gasteiger partial charge in [0.2, 0.25) is 0 Å². The number of amides is 1. The predicted molar refractivity (Wildman–Crippen MR) is 53.4 cm³/mol. The third-order valence-corrected chi connectivity index (χ3v) is 2.57. The molecule has 0 spiro atoms. The minimum Gasteiger partial charge on any atom is -0.313 e. The van der Waals surface area contributed by atoms with E-state index in [2.05, 4.69) is 10.7 Å². The number of carbonyl (C=O) groups excluding carboxylic acids is 1. The van der Waals surface area contributed by atoms with Crippen molar-refractivity contribution in [2.75, 3.05) is 6.54 Å². The average Bonchev–Trinajstić information content (AvgIpc) is 2.62. The van der Waals surface area contributed by atoms with E-state index in [0.29, 0.717) is 4.88 Å². The van der Waals surface area contributed by atoms with Gasteiger partial charge >= 0.3 is 0 Å². The van der Waals surface area contributed by atoms with E-state index in [1.54, 1.807) is 0 Å². The molecule has 0 fully saturated rings. The Morgan fingerprint density at radius 2 is 2.46 bits per heavy atom. The first kappa shape index (κ1) is 10.2. The highest BCUT2D eigenvalue weighted by atomic mass is 32.1. The maximum absolute atomic E-state index is 11.1. The quantitative estimate of drug-likeness (QED) is 0.375. The van der Waals surface area contributed by atoms with Crippen molar-refractivity contribution in [2.24, 2.45) is 5.84 Å². The van der Waals surface area contributed by atoms with Gasteiger partial charge in [-0.1, -0.05) is 6.92 Å². The van der Waals surface area contributed by atoms with Crippen LogP contribution in [0.3, 0.4) is 0 Å². The van der Waals surface area contributed by atoms with Gasteiger partial charge in [0, 0.05) is 6.54 Å². The lowest BCUT2D eigenvalue weighted by Crippen LogP contribution is -2.29. The molecular formula is C8H13N3OS. The van der Waals surface area contributed by atoms with Gasteiger partial charge in [-0.05, 0) is 23.6 Å². The van der Waals surface area contributed by atoms with E-state index >= 15 is 0 Å². The highest BCUT2D eigenvalue weighted by Crippen LogP contribution is 2.13. The summed E-state index contributed by atoms with van der Waals surface area (Å²) in [6.45, 7) is 3.76. The average molecular weight is 199 g/mol. The molecule has 0 aliphatic carbocycles. The second-order valence-electron chi connectivity index (χ2n) is 2.57. The minimum atomic E-state index is -0.229. The smallest absolute Gasteiger partial charge is 0.275 e. The number of rotatable bonds is 4. The second kappa shape index (κ2) is 4.96. The van der Waals surface area contributed by atoms with Crippen LogP contribution in [0.5, 0.6) is 0 Å². The van der Waals surface area contributed by atoms with E-state index < -0.39 is 0 Å². The highest BCUT2D eigenvalue weighted by Gasteiger charge is 2.06. The topological polar surface area (TPSA) is 67.2 Å². The molecule has 1 rings (SSSR count). The summed E-state index contributed by atoms with van der Waals surface area (Å²) in [4.78, 5) is 11.7. The van der Waals surface area contributed by atoms with Crippen molar-refractivity contribution >= 4 is 17.2 Å². The Bertz CT molecular complexity index is 285. The minimum absolute atomic E-state index is 0.229. The predicted octanol–water partition coefficient (Wildman–Crippen LogP) is 0.461. The molecule has 4 nitrogen and oxygen atoms in total. The standard InChI is InChI=1S/C8H13N3OS/c1-2-10-4-6-3-7(13-5-6)8(12)11-9/h3,5,10H,2,4,9H2,1H3,(H,11,12). The first-order valence-electron chi connectivity index (χ1n) is 4.07. The van der Waals surface area contributed by atoms with Gasteiger partial charge in [0.25, 0.3) is 5.91 Å². The van der Waals surface area contributed by atoms with Crippen molar-refractivity contribution in [3.8, 4) is 0 Å². The van der Waals surface area contributed by atoms with Gasteiger partial charge < -0.3 is 5.32 Å². The van der Waals surface area contributed by atoms with E-state index in [9.17, 15) is 4.79 Å². The molecule has 0 aromatic carbocycles. The molecule has 0 aliphatic heterocycles. The number of carbonyl (C=O) groups is 1. The van der Waals surface area contributed by atoms with Crippen LogP contribution >= 0.6 is 11.3 Å². The molecule has 1 aromatic rings. The maximum atomic E-state index is 11.1. The van der Waals surface area contributed by atoms with Crippen LogP contribution in [0.25, 0.3) is 0 Å². The van der Waals surface area contributed by atoms with Gasteiger partial charge in [0.05, 0.1) is 4.88 Å². The molecular weight excluding hydrogens is 186 g/mol. The summed E-state index contributed by atoms with van der Waals surface area (Å²) in [6.07, 6.45) is 0. The fourth-order valence-corrected chi connectivity index (χ4v) is 1.74. The lowest BCUT2D eigenvalue weighted by Gasteiger charge is -1.96. The van der Waals surface area contributed by atoms with Crippen LogP contribution in [0.2, 0.25) is 0 Å². The molecule has 1 heterocycles. The lowest BCUT2D eigenvalue weighted by molar-refractivity contribution is 0.0957. The van der Waals surface area contributed by atoms with E-state index in [0.717, 1.165) is 18.7 Å².